The van der Waals surface area contributed by atoms with E-state index in [2.05, 4.69) is 131 Å². The topological polar surface area (TPSA) is 40.5 Å². The summed E-state index contributed by atoms with van der Waals surface area (Å²) in [6, 6.07) is 49.8. The van der Waals surface area contributed by atoms with Crippen LogP contribution in [0.15, 0.2) is 150 Å². The van der Waals surface area contributed by atoms with Crippen LogP contribution in [0, 0.1) is 0 Å². The summed E-state index contributed by atoms with van der Waals surface area (Å²) in [4.78, 5) is 0. The van der Waals surface area contributed by atoms with Crippen molar-refractivity contribution in [2.24, 2.45) is 0 Å². The highest BCUT2D eigenvalue weighted by Gasteiger charge is 2.21. The van der Waals surface area contributed by atoms with E-state index in [1.165, 1.54) is 60.1 Å². The summed E-state index contributed by atoms with van der Waals surface area (Å²) < 4.78 is 1.23. The molecule has 2 N–H and O–H groups in total. The van der Waals surface area contributed by atoms with Gasteiger partial charge in [-0.05, 0) is 80.0 Å². The fraction of sp³-hybridized carbons (Fsp3) is 0.0526. The largest absolute Gasteiger partial charge is 0.488 e. The van der Waals surface area contributed by atoms with E-state index < -0.39 is 7.12 Å². The second kappa shape index (κ2) is 12.7. The van der Waals surface area contributed by atoms with Gasteiger partial charge in [0.1, 0.15) is 0 Å². The van der Waals surface area contributed by atoms with Crippen molar-refractivity contribution < 1.29 is 10.0 Å². The van der Waals surface area contributed by atoms with E-state index in [4.69, 9.17) is 10.0 Å². The van der Waals surface area contributed by atoms with Gasteiger partial charge in [-0.25, -0.2) is 0 Å². The first-order chi connectivity index (χ1) is 20.6. The molecule has 0 spiro atoms. The summed E-state index contributed by atoms with van der Waals surface area (Å²) in [5.74, 6) is 0. The molecule has 0 fully saturated rings. The Morgan fingerprint density at radius 1 is 0.429 bits per heavy atom. The van der Waals surface area contributed by atoms with Crippen LogP contribution in [0.5, 0.6) is 0 Å². The molecule has 0 heterocycles. The van der Waals surface area contributed by atoms with Crippen LogP contribution in [-0.4, -0.2) is 17.2 Å². The van der Waals surface area contributed by atoms with Gasteiger partial charge in [0.05, 0.1) is 0 Å². The summed E-state index contributed by atoms with van der Waals surface area (Å²) >= 11 is 3.61. The van der Waals surface area contributed by atoms with E-state index in [1.54, 1.807) is 24.3 Å². The Bertz CT molecular complexity index is 1820. The van der Waals surface area contributed by atoms with Crippen molar-refractivity contribution in [3.05, 3.63) is 172 Å². The number of hydrogen-bond donors (Lipinski definition) is 2. The van der Waals surface area contributed by atoms with E-state index >= 15 is 0 Å². The standard InChI is InChI=1S/C19H14.C13H9Br.C6H7BO2/c1-2-7-14(8-3-1)16-11-6-12-18-17-10-5-4-9-15(17)13-19(16)18;14-13-7-3-6-11-10-5-2-1-4-9(10)8-12(11)13;8-7(9)6-4-2-1-3-5-6/h1-12H,13H2;1-7H,8H2;1-5,8-9H. The van der Waals surface area contributed by atoms with Crippen LogP contribution in [0.1, 0.15) is 22.3 Å². The Kier molecular flexibility index (Phi) is 8.48. The highest BCUT2D eigenvalue weighted by atomic mass is 79.9. The predicted molar refractivity (Wildman–Crippen MR) is 179 cm³/mol. The lowest BCUT2D eigenvalue weighted by Gasteiger charge is -2.08. The van der Waals surface area contributed by atoms with Crippen molar-refractivity contribution in [1.82, 2.24) is 0 Å². The molecule has 8 rings (SSSR count). The first-order valence-electron chi connectivity index (χ1n) is 14.1. The van der Waals surface area contributed by atoms with Crippen molar-refractivity contribution in [2.75, 3.05) is 0 Å². The van der Waals surface area contributed by atoms with Crippen molar-refractivity contribution in [3.8, 4) is 33.4 Å². The van der Waals surface area contributed by atoms with Gasteiger partial charge in [0.2, 0.25) is 0 Å². The van der Waals surface area contributed by atoms with Gasteiger partial charge in [0, 0.05) is 4.47 Å². The van der Waals surface area contributed by atoms with E-state index in [9.17, 15) is 0 Å². The predicted octanol–water partition coefficient (Wildman–Crippen LogP) is 8.31. The van der Waals surface area contributed by atoms with Gasteiger partial charge in [-0.1, -0.05) is 155 Å². The van der Waals surface area contributed by atoms with Gasteiger partial charge in [0.15, 0.2) is 0 Å². The number of fused-ring (bicyclic) bond motifs is 6. The average molecular weight is 609 g/mol. The van der Waals surface area contributed by atoms with E-state index in [1.807, 2.05) is 6.07 Å². The zero-order valence-corrected chi connectivity index (χ0v) is 24.7. The molecule has 4 heteroatoms. The second-order valence-corrected chi connectivity index (χ2v) is 11.3. The second-order valence-electron chi connectivity index (χ2n) is 10.4. The SMILES string of the molecule is Brc1cccc2c1Cc1ccccc1-2.OB(O)c1ccccc1.c1ccc(-c2cccc3c2Cc2ccccc2-3)cc1. The third-order valence-corrected chi connectivity index (χ3v) is 8.57. The van der Waals surface area contributed by atoms with Crippen LogP contribution in [0.2, 0.25) is 0 Å². The Hall–Kier alpha value is -4.22. The normalized spacial score (nSPS) is 11.5. The molecule has 2 aliphatic carbocycles. The minimum atomic E-state index is -1.34. The van der Waals surface area contributed by atoms with Gasteiger partial charge in [-0.3, -0.25) is 0 Å². The quantitative estimate of drug-likeness (QED) is 0.194. The fourth-order valence-corrected chi connectivity index (χ4v) is 6.30. The van der Waals surface area contributed by atoms with Gasteiger partial charge >= 0.3 is 7.12 Å². The molecule has 0 amide bonds. The molecule has 0 radical (unpaired) electrons. The molecule has 0 saturated carbocycles. The van der Waals surface area contributed by atoms with Crippen LogP contribution in [-0.2, 0) is 12.8 Å². The maximum absolute atomic E-state index is 8.58. The first kappa shape index (κ1) is 27.9. The van der Waals surface area contributed by atoms with E-state index in [0.717, 1.165) is 12.8 Å². The minimum absolute atomic E-state index is 0.525. The molecule has 6 aromatic rings. The molecule has 6 aromatic carbocycles. The zero-order valence-electron chi connectivity index (χ0n) is 23.1. The monoisotopic (exact) mass is 608 g/mol. The molecule has 0 aliphatic heterocycles. The number of benzene rings is 6. The third-order valence-electron chi connectivity index (χ3n) is 7.83. The lowest BCUT2D eigenvalue weighted by Crippen LogP contribution is -2.29. The zero-order chi connectivity index (χ0) is 28.9. The molecule has 204 valence electrons. The number of halogens is 1. The highest BCUT2D eigenvalue weighted by molar-refractivity contribution is 9.10. The van der Waals surface area contributed by atoms with Crippen LogP contribution >= 0.6 is 15.9 Å². The smallest absolute Gasteiger partial charge is 0.423 e. The highest BCUT2D eigenvalue weighted by Crippen LogP contribution is 2.41. The van der Waals surface area contributed by atoms with Crippen LogP contribution < -0.4 is 5.46 Å². The van der Waals surface area contributed by atoms with E-state index in [-0.39, 0.29) is 0 Å². The maximum atomic E-state index is 8.58. The Morgan fingerprint density at radius 3 is 1.48 bits per heavy atom. The fourth-order valence-electron chi connectivity index (χ4n) is 5.79. The molecule has 0 saturated heterocycles. The number of rotatable bonds is 2. The Labute approximate surface area is 256 Å². The maximum Gasteiger partial charge on any atom is 0.488 e. The minimum Gasteiger partial charge on any atom is -0.423 e. The van der Waals surface area contributed by atoms with Crippen molar-refractivity contribution in [2.45, 2.75) is 12.8 Å². The lowest BCUT2D eigenvalue weighted by molar-refractivity contribution is 0.426. The van der Waals surface area contributed by atoms with Gasteiger partial charge in [-0.2, -0.15) is 0 Å². The molecule has 0 unspecified atom stereocenters. The van der Waals surface area contributed by atoms with Crippen LogP contribution in [0.3, 0.4) is 0 Å². The lowest BCUT2D eigenvalue weighted by atomic mass is 9.81. The van der Waals surface area contributed by atoms with Crippen molar-refractivity contribution >= 4 is 28.5 Å². The van der Waals surface area contributed by atoms with Gasteiger partial charge < -0.3 is 10.0 Å². The third kappa shape index (κ3) is 5.88. The first-order valence-corrected chi connectivity index (χ1v) is 14.9. The summed E-state index contributed by atoms with van der Waals surface area (Å²) in [5, 5.41) is 17.2. The molecule has 0 bridgehead atoms. The molecular weight excluding hydrogens is 579 g/mol. The van der Waals surface area contributed by atoms with Crippen molar-refractivity contribution in [1.29, 1.82) is 0 Å². The average Bonchev–Trinajstić information content (AvgIpc) is 3.62. The van der Waals surface area contributed by atoms with Gasteiger partial charge in [-0.15, -0.1) is 0 Å². The molecule has 0 aromatic heterocycles. The summed E-state index contributed by atoms with van der Waals surface area (Å²) in [6.07, 6.45) is 2.11. The van der Waals surface area contributed by atoms with Crippen LogP contribution in [0.25, 0.3) is 33.4 Å². The summed E-state index contributed by atoms with van der Waals surface area (Å²) in [5.41, 5.74) is 14.6. The molecule has 42 heavy (non-hydrogen) atoms. The molecular formula is C38H30BBrO2. The van der Waals surface area contributed by atoms with Crippen LogP contribution in [0.4, 0.5) is 0 Å². The summed E-state index contributed by atoms with van der Waals surface area (Å²) in [7, 11) is -1.34. The summed E-state index contributed by atoms with van der Waals surface area (Å²) in [6.45, 7) is 0. The number of hydrogen-bond acceptors (Lipinski definition) is 2. The molecule has 2 nitrogen and oxygen atoms in total. The Balaban J connectivity index is 0.000000121. The van der Waals surface area contributed by atoms with Crippen molar-refractivity contribution in [3.63, 3.8) is 0 Å². The molecule has 2 aliphatic rings. The van der Waals surface area contributed by atoms with E-state index in [0.29, 0.717) is 5.46 Å². The van der Waals surface area contributed by atoms with Gasteiger partial charge in [0.25, 0.3) is 0 Å². The molecule has 0 atom stereocenters. The Morgan fingerprint density at radius 2 is 0.881 bits per heavy atom.